The quantitative estimate of drug-likeness (QED) is 0.903. The summed E-state index contributed by atoms with van der Waals surface area (Å²) in [5.74, 6) is 2.56. The minimum Gasteiger partial charge on any atom is -0.495 e. The van der Waals surface area contributed by atoms with Gasteiger partial charge in [-0.15, -0.1) is 0 Å². The number of rotatable bonds is 5. The van der Waals surface area contributed by atoms with Crippen LogP contribution in [0.4, 0.5) is 0 Å². The third-order valence-corrected chi connectivity index (χ3v) is 3.24. The van der Waals surface area contributed by atoms with Crippen molar-refractivity contribution in [1.82, 2.24) is 4.98 Å². The summed E-state index contributed by atoms with van der Waals surface area (Å²) in [7, 11) is 1.60. The Bertz CT molecular complexity index is 575. The minimum absolute atomic E-state index is 0.432. The maximum absolute atomic E-state index is 10.2. The maximum Gasteiger partial charge on any atom is 0.137 e. The van der Waals surface area contributed by atoms with E-state index in [0.29, 0.717) is 17.4 Å². The Balaban J connectivity index is 2.30. The summed E-state index contributed by atoms with van der Waals surface area (Å²) in [6, 6.07) is 3.75. The van der Waals surface area contributed by atoms with E-state index in [1.807, 2.05) is 19.1 Å². The van der Waals surface area contributed by atoms with Gasteiger partial charge in [-0.05, 0) is 31.4 Å². The van der Waals surface area contributed by atoms with Crippen molar-refractivity contribution in [2.45, 2.75) is 33.3 Å². The number of hydrogen-bond acceptors (Lipinski definition) is 4. The highest BCUT2D eigenvalue weighted by atomic mass is 16.5. The number of nitrogens with zero attached hydrogens (tertiary/aromatic N) is 1. The average Bonchev–Trinajstić information content (AvgIpc) is 2.80. The predicted molar refractivity (Wildman–Crippen MR) is 77.6 cm³/mol. The van der Waals surface area contributed by atoms with Crippen LogP contribution in [0.1, 0.15) is 37.7 Å². The lowest BCUT2D eigenvalue weighted by Gasteiger charge is -2.11. The van der Waals surface area contributed by atoms with E-state index in [0.717, 1.165) is 23.3 Å². The Morgan fingerprint density at radius 3 is 2.70 bits per heavy atom. The van der Waals surface area contributed by atoms with E-state index in [9.17, 15) is 5.11 Å². The van der Waals surface area contributed by atoms with Gasteiger partial charge in [0.15, 0.2) is 0 Å². The van der Waals surface area contributed by atoms with Gasteiger partial charge in [-0.1, -0.05) is 13.8 Å². The smallest absolute Gasteiger partial charge is 0.137 e. The van der Waals surface area contributed by atoms with Gasteiger partial charge in [-0.2, -0.15) is 0 Å². The Morgan fingerprint density at radius 2 is 2.05 bits per heavy atom. The van der Waals surface area contributed by atoms with Crippen LogP contribution in [0, 0.1) is 12.8 Å². The number of methoxy groups -OCH3 is 1. The zero-order valence-corrected chi connectivity index (χ0v) is 12.4. The highest BCUT2D eigenvalue weighted by Crippen LogP contribution is 2.32. The first-order valence-corrected chi connectivity index (χ1v) is 6.79. The summed E-state index contributed by atoms with van der Waals surface area (Å²) in [6.07, 6.45) is 3.59. The molecule has 4 heteroatoms. The lowest BCUT2D eigenvalue weighted by Crippen LogP contribution is -2.01. The highest BCUT2D eigenvalue weighted by molar-refractivity contribution is 5.59. The summed E-state index contributed by atoms with van der Waals surface area (Å²) in [5, 5.41) is 10.2. The van der Waals surface area contributed by atoms with Crippen molar-refractivity contribution >= 4 is 0 Å². The van der Waals surface area contributed by atoms with Crippen molar-refractivity contribution in [2.75, 3.05) is 7.11 Å². The van der Waals surface area contributed by atoms with Crippen LogP contribution in [0.2, 0.25) is 0 Å². The molecular formula is C16H21NO3. The third-order valence-electron chi connectivity index (χ3n) is 3.24. The molecule has 0 amide bonds. The fraction of sp³-hybridized carbons (Fsp3) is 0.438. The van der Waals surface area contributed by atoms with Crippen molar-refractivity contribution in [3.05, 3.63) is 35.9 Å². The van der Waals surface area contributed by atoms with Gasteiger partial charge in [0.05, 0.1) is 19.4 Å². The van der Waals surface area contributed by atoms with Gasteiger partial charge in [0, 0.05) is 17.3 Å². The molecule has 2 aromatic heterocycles. The van der Waals surface area contributed by atoms with Crippen molar-refractivity contribution in [3.63, 3.8) is 0 Å². The summed E-state index contributed by atoms with van der Waals surface area (Å²) >= 11 is 0. The first-order chi connectivity index (χ1) is 9.51. The molecule has 2 heterocycles. The van der Waals surface area contributed by atoms with E-state index < -0.39 is 6.10 Å². The minimum atomic E-state index is -0.494. The fourth-order valence-corrected chi connectivity index (χ4v) is 2.21. The molecule has 0 aliphatic carbocycles. The molecule has 0 bridgehead atoms. The number of aliphatic hydroxyl groups excluding tert-OH is 1. The summed E-state index contributed by atoms with van der Waals surface area (Å²) < 4.78 is 10.9. The van der Waals surface area contributed by atoms with E-state index in [1.54, 1.807) is 19.5 Å². The molecule has 4 nitrogen and oxygen atoms in total. The van der Waals surface area contributed by atoms with E-state index in [4.69, 9.17) is 9.15 Å². The van der Waals surface area contributed by atoms with Gasteiger partial charge in [-0.25, -0.2) is 0 Å². The van der Waals surface area contributed by atoms with Gasteiger partial charge in [0.2, 0.25) is 0 Å². The normalized spacial score (nSPS) is 12.7. The number of aliphatic hydroxyl groups is 1. The molecule has 1 atom stereocenters. The Hall–Kier alpha value is -1.81. The average molecular weight is 275 g/mol. The van der Waals surface area contributed by atoms with Crippen molar-refractivity contribution in [3.8, 4) is 17.1 Å². The van der Waals surface area contributed by atoms with Gasteiger partial charge in [0.25, 0.3) is 0 Å². The monoisotopic (exact) mass is 275 g/mol. The SMILES string of the molecule is COc1cncc(-c2cc(C(O)CC(C)C)c(C)o2)c1. The summed E-state index contributed by atoms with van der Waals surface area (Å²) in [5.41, 5.74) is 1.69. The second-order valence-corrected chi connectivity index (χ2v) is 5.38. The number of furan rings is 1. The molecule has 0 aliphatic heterocycles. The number of aryl methyl sites for hydroxylation is 1. The van der Waals surface area contributed by atoms with E-state index in [2.05, 4.69) is 18.8 Å². The molecule has 0 spiro atoms. The zero-order valence-electron chi connectivity index (χ0n) is 12.4. The lowest BCUT2D eigenvalue weighted by atomic mass is 9.99. The molecule has 0 fully saturated rings. The van der Waals surface area contributed by atoms with Crippen LogP contribution >= 0.6 is 0 Å². The first-order valence-electron chi connectivity index (χ1n) is 6.79. The topological polar surface area (TPSA) is 55.5 Å². The zero-order chi connectivity index (χ0) is 14.7. The molecule has 0 aromatic carbocycles. The molecule has 0 saturated carbocycles. The second-order valence-electron chi connectivity index (χ2n) is 5.38. The number of ether oxygens (including phenoxy) is 1. The van der Waals surface area contributed by atoms with Gasteiger partial charge >= 0.3 is 0 Å². The fourth-order valence-electron chi connectivity index (χ4n) is 2.21. The van der Waals surface area contributed by atoms with E-state index in [-0.39, 0.29) is 0 Å². The largest absolute Gasteiger partial charge is 0.495 e. The van der Waals surface area contributed by atoms with Gasteiger partial charge in [-0.3, -0.25) is 4.98 Å². The lowest BCUT2D eigenvalue weighted by molar-refractivity contribution is 0.149. The van der Waals surface area contributed by atoms with E-state index in [1.165, 1.54) is 0 Å². The first kappa shape index (κ1) is 14.6. The van der Waals surface area contributed by atoms with Gasteiger partial charge in [0.1, 0.15) is 17.3 Å². The number of aromatic nitrogens is 1. The van der Waals surface area contributed by atoms with Crippen LogP contribution in [-0.4, -0.2) is 17.2 Å². The van der Waals surface area contributed by atoms with Gasteiger partial charge < -0.3 is 14.3 Å². The summed E-state index contributed by atoms with van der Waals surface area (Å²) in [6.45, 7) is 6.05. The molecule has 0 saturated heterocycles. The molecule has 1 unspecified atom stereocenters. The van der Waals surface area contributed by atoms with Crippen LogP contribution in [0.3, 0.4) is 0 Å². The molecule has 2 aromatic rings. The van der Waals surface area contributed by atoms with Crippen molar-refractivity contribution < 1.29 is 14.3 Å². The molecule has 0 aliphatic rings. The van der Waals surface area contributed by atoms with Crippen LogP contribution < -0.4 is 4.74 Å². The summed E-state index contributed by atoms with van der Waals surface area (Å²) in [4.78, 5) is 4.12. The third kappa shape index (κ3) is 3.20. The molecule has 0 radical (unpaired) electrons. The second kappa shape index (κ2) is 6.09. The molecule has 108 valence electrons. The standard InChI is InChI=1S/C16H21NO3/c1-10(2)5-15(18)14-7-16(20-11(14)3)12-6-13(19-4)9-17-8-12/h6-10,15,18H,5H2,1-4H3. The van der Waals surface area contributed by atoms with Crippen LogP contribution in [-0.2, 0) is 0 Å². The van der Waals surface area contributed by atoms with E-state index >= 15 is 0 Å². The Kier molecular flexibility index (Phi) is 4.45. The Labute approximate surface area is 119 Å². The Morgan fingerprint density at radius 1 is 1.30 bits per heavy atom. The van der Waals surface area contributed by atoms with Crippen LogP contribution in [0.25, 0.3) is 11.3 Å². The molecule has 20 heavy (non-hydrogen) atoms. The van der Waals surface area contributed by atoms with Crippen LogP contribution in [0.15, 0.2) is 28.9 Å². The molecule has 2 rings (SSSR count). The maximum atomic E-state index is 10.2. The highest BCUT2D eigenvalue weighted by Gasteiger charge is 2.18. The van der Waals surface area contributed by atoms with Crippen LogP contribution in [0.5, 0.6) is 5.75 Å². The number of pyridine rings is 1. The van der Waals surface area contributed by atoms with Crippen molar-refractivity contribution in [1.29, 1.82) is 0 Å². The molecular weight excluding hydrogens is 254 g/mol. The predicted octanol–water partition coefficient (Wildman–Crippen LogP) is 3.74. The van der Waals surface area contributed by atoms with Crippen molar-refractivity contribution in [2.24, 2.45) is 5.92 Å². The molecule has 1 N–H and O–H groups in total. The number of hydrogen-bond donors (Lipinski definition) is 1.